The number of methoxy groups -OCH3 is 2. The molecule has 0 radical (unpaired) electrons. The van der Waals surface area contributed by atoms with Crippen molar-refractivity contribution in [2.75, 3.05) is 27.3 Å². The third kappa shape index (κ3) is 4.06. The molecule has 1 fully saturated rings. The molecule has 7 nitrogen and oxygen atoms in total. The molecule has 0 saturated carbocycles. The summed E-state index contributed by atoms with van der Waals surface area (Å²) in [6, 6.07) is 13.8. The number of hydrogen-bond acceptors (Lipinski definition) is 6. The summed E-state index contributed by atoms with van der Waals surface area (Å²) in [5, 5.41) is 9.20. The monoisotopic (exact) mass is 401 g/mol. The molecule has 0 N–H and O–H groups in total. The van der Waals surface area contributed by atoms with Gasteiger partial charge in [-0.3, -0.25) is 0 Å². The Morgan fingerprint density at radius 3 is 2.54 bits per heavy atom. The molecule has 0 unspecified atom stereocenters. The summed E-state index contributed by atoms with van der Waals surface area (Å²) in [5.41, 5.74) is 0.878. The summed E-state index contributed by atoms with van der Waals surface area (Å²) >= 11 is 0. The number of sulfonamides is 1. The third-order valence-corrected chi connectivity index (χ3v) is 6.77. The second kappa shape index (κ2) is 8.50. The molecule has 1 atom stereocenters. The van der Waals surface area contributed by atoms with Crippen LogP contribution in [-0.2, 0) is 16.6 Å². The van der Waals surface area contributed by atoms with E-state index in [9.17, 15) is 13.7 Å². The van der Waals surface area contributed by atoms with Crippen molar-refractivity contribution >= 4 is 10.0 Å². The first kappa shape index (κ1) is 20.0. The van der Waals surface area contributed by atoms with Crippen LogP contribution in [0.3, 0.4) is 0 Å². The summed E-state index contributed by atoms with van der Waals surface area (Å²) < 4.78 is 39.3. The lowest BCUT2D eigenvalue weighted by Crippen LogP contribution is -2.41. The standard InChI is InChI=1S/C20H23N3O4S/c1-26-18-8-9-19(27-2)20(12-18)28(24,25)23(13-16-6-4-3-5-7-16)17-10-11-22(14-17)15-21/h3-9,12,17H,10-11,13-14H2,1-2H3/t17-/m1/s1. The zero-order chi connectivity index (χ0) is 20.1. The minimum absolute atomic E-state index is 0.0562. The summed E-state index contributed by atoms with van der Waals surface area (Å²) in [5.74, 6) is 0.693. The summed E-state index contributed by atoms with van der Waals surface area (Å²) in [7, 11) is -0.970. The summed E-state index contributed by atoms with van der Waals surface area (Å²) in [4.78, 5) is 1.64. The zero-order valence-corrected chi connectivity index (χ0v) is 16.7. The maximum absolute atomic E-state index is 13.7. The third-order valence-electron chi connectivity index (χ3n) is 4.85. The van der Waals surface area contributed by atoms with Crippen LogP contribution in [0, 0.1) is 11.5 Å². The molecule has 2 aromatic carbocycles. The van der Waals surface area contributed by atoms with Gasteiger partial charge in [-0.15, -0.1) is 0 Å². The van der Waals surface area contributed by atoms with Crippen LogP contribution in [0.1, 0.15) is 12.0 Å². The van der Waals surface area contributed by atoms with Gasteiger partial charge >= 0.3 is 0 Å². The molecular weight excluding hydrogens is 378 g/mol. The smallest absolute Gasteiger partial charge is 0.247 e. The molecule has 3 rings (SSSR count). The Hall–Kier alpha value is -2.76. The van der Waals surface area contributed by atoms with Crippen LogP contribution in [0.25, 0.3) is 0 Å². The lowest BCUT2D eigenvalue weighted by atomic mass is 10.2. The first-order chi connectivity index (χ1) is 13.5. The van der Waals surface area contributed by atoms with Crippen LogP contribution in [0.5, 0.6) is 11.5 Å². The van der Waals surface area contributed by atoms with E-state index in [4.69, 9.17) is 9.47 Å². The Morgan fingerprint density at radius 1 is 1.18 bits per heavy atom. The number of nitrogens with zero attached hydrogens (tertiary/aromatic N) is 3. The van der Waals surface area contributed by atoms with Crippen LogP contribution in [0.4, 0.5) is 0 Å². The summed E-state index contributed by atoms with van der Waals surface area (Å²) in [6.45, 7) is 1.12. The summed E-state index contributed by atoms with van der Waals surface area (Å²) in [6.07, 6.45) is 2.70. The van der Waals surface area contributed by atoms with Gasteiger partial charge in [0.1, 0.15) is 16.4 Å². The fourth-order valence-electron chi connectivity index (χ4n) is 3.35. The fourth-order valence-corrected chi connectivity index (χ4v) is 5.16. The van der Waals surface area contributed by atoms with Crippen molar-refractivity contribution in [3.63, 3.8) is 0 Å². The molecule has 1 heterocycles. The van der Waals surface area contributed by atoms with E-state index in [0.717, 1.165) is 5.56 Å². The molecule has 0 spiro atoms. The van der Waals surface area contributed by atoms with Crippen LogP contribution in [0.2, 0.25) is 0 Å². The van der Waals surface area contributed by atoms with Gasteiger partial charge in [-0.2, -0.15) is 9.57 Å². The molecule has 8 heteroatoms. The van der Waals surface area contributed by atoms with Gasteiger partial charge in [0.15, 0.2) is 6.19 Å². The molecule has 1 aliphatic heterocycles. The van der Waals surface area contributed by atoms with Gasteiger partial charge in [-0.25, -0.2) is 8.42 Å². The number of ether oxygens (including phenoxy) is 2. The highest BCUT2D eigenvalue weighted by Gasteiger charge is 2.37. The molecule has 148 valence electrons. The predicted molar refractivity (Wildman–Crippen MR) is 104 cm³/mol. The predicted octanol–water partition coefficient (Wildman–Crippen LogP) is 2.45. The van der Waals surface area contributed by atoms with E-state index in [2.05, 4.69) is 6.19 Å². The molecule has 0 bridgehead atoms. The highest BCUT2D eigenvalue weighted by atomic mass is 32.2. The maximum Gasteiger partial charge on any atom is 0.247 e. The maximum atomic E-state index is 13.7. The molecule has 2 aromatic rings. The Morgan fingerprint density at radius 2 is 1.93 bits per heavy atom. The minimum atomic E-state index is -3.90. The molecule has 28 heavy (non-hydrogen) atoms. The van der Waals surface area contributed by atoms with Crippen molar-refractivity contribution in [3.8, 4) is 17.7 Å². The average molecular weight is 401 g/mol. The van der Waals surface area contributed by atoms with Crippen LogP contribution in [0.15, 0.2) is 53.4 Å². The van der Waals surface area contributed by atoms with Gasteiger partial charge in [-0.1, -0.05) is 30.3 Å². The second-order valence-corrected chi connectivity index (χ2v) is 8.40. The van der Waals surface area contributed by atoms with E-state index >= 15 is 0 Å². The number of benzene rings is 2. The van der Waals surface area contributed by atoms with Gasteiger partial charge in [0.2, 0.25) is 10.0 Å². The quantitative estimate of drug-likeness (QED) is 0.663. The van der Waals surface area contributed by atoms with Crippen molar-refractivity contribution in [2.45, 2.75) is 23.9 Å². The van der Waals surface area contributed by atoms with Gasteiger partial charge in [0, 0.05) is 31.7 Å². The van der Waals surface area contributed by atoms with Gasteiger partial charge < -0.3 is 14.4 Å². The second-order valence-electron chi connectivity index (χ2n) is 6.54. The van der Waals surface area contributed by atoms with Crippen molar-refractivity contribution < 1.29 is 17.9 Å². The van der Waals surface area contributed by atoms with E-state index in [0.29, 0.717) is 25.3 Å². The largest absolute Gasteiger partial charge is 0.497 e. The van der Waals surface area contributed by atoms with Crippen molar-refractivity contribution in [3.05, 3.63) is 54.1 Å². The fraction of sp³-hybridized carbons (Fsp3) is 0.350. The highest BCUT2D eigenvalue weighted by Crippen LogP contribution is 2.33. The van der Waals surface area contributed by atoms with Crippen molar-refractivity contribution in [1.29, 1.82) is 5.26 Å². The van der Waals surface area contributed by atoms with Gasteiger partial charge in [-0.05, 0) is 24.1 Å². The van der Waals surface area contributed by atoms with Gasteiger partial charge in [0.25, 0.3) is 0 Å². The van der Waals surface area contributed by atoms with E-state index in [1.807, 2.05) is 30.3 Å². The lowest BCUT2D eigenvalue weighted by Gasteiger charge is -2.28. The molecule has 1 saturated heterocycles. The number of hydrogen-bond donors (Lipinski definition) is 0. The number of rotatable bonds is 7. The topological polar surface area (TPSA) is 82.9 Å². The van der Waals surface area contributed by atoms with E-state index < -0.39 is 10.0 Å². The van der Waals surface area contributed by atoms with Crippen molar-refractivity contribution in [2.24, 2.45) is 0 Å². The SMILES string of the molecule is COc1ccc(OC)c(S(=O)(=O)N(Cc2ccccc2)[C@@H]2CCN(C#N)C2)c1. The highest BCUT2D eigenvalue weighted by molar-refractivity contribution is 7.89. The first-order valence-corrected chi connectivity index (χ1v) is 10.4. The Kier molecular flexibility index (Phi) is 6.07. The van der Waals surface area contributed by atoms with Crippen LogP contribution < -0.4 is 9.47 Å². The zero-order valence-electron chi connectivity index (χ0n) is 15.9. The van der Waals surface area contributed by atoms with Crippen molar-refractivity contribution in [1.82, 2.24) is 9.21 Å². The Balaban J connectivity index is 2.05. The molecule has 0 aliphatic carbocycles. The first-order valence-electron chi connectivity index (χ1n) is 8.92. The number of likely N-dealkylation sites (tertiary alicyclic amines) is 1. The van der Waals surface area contributed by atoms with Gasteiger partial charge in [0.05, 0.1) is 14.2 Å². The average Bonchev–Trinajstić information content (AvgIpc) is 3.21. The number of nitriles is 1. The lowest BCUT2D eigenvalue weighted by molar-refractivity contribution is 0.311. The molecule has 1 aliphatic rings. The Bertz CT molecular complexity index is 957. The van der Waals surface area contributed by atoms with Crippen LogP contribution >= 0.6 is 0 Å². The molecular formula is C20H23N3O4S. The normalized spacial score (nSPS) is 16.8. The van der Waals surface area contributed by atoms with E-state index in [-0.39, 0.29) is 23.2 Å². The van der Waals surface area contributed by atoms with E-state index in [1.165, 1.54) is 24.6 Å². The molecule has 0 aromatic heterocycles. The minimum Gasteiger partial charge on any atom is -0.497 e. The Labute approximate surface area is 165 Å². The molecule has 0 amide bonds. The van der Waals surface area contributed by atoms with Crippen LogP contribution in [-0.4, -0.2) is 51.0 Å². The van der Waals surface area contributed by atoms with E-state index in [1.54, 1.807) is 17.0 Å².